The van der Waals surface area contributed by atoms with E-state index in [-0.39, 0.29) is 0 Å². The van der Waals surface area contributed by atoms with Gasteiger partial charge in [-0.1, -0.05) is 0 Å². The third-order valence-corrected chi connectivity index (χ3v) is 2.17. The first kappa shape index (κ1) is 9.29. The molecule has 12 heavy (non-hydrogen) atoms. The molecule has 0 aliphatic rings. The summed E-state index contributed by atoms with van der Waals surface area (Å²) in [6.07, 6.45) is 2.04. The van der Waals surface area contributed by atoms with Crippen LogP contribution in [0.5, 0.6) is 0 Å². The summed E-state index contributed by atoms with van der Waals surface area (Å²) in [5.74, 6) is 0. The maximum absolute atomic E-state index is 5.68. The first-order chi connectivity index (χ1) is 5.66. The van der Waals surface area contributed by atoms with Crippen molar-refractivity contribution in [3.8, 4) is 0 Å². The van der Waals surface area contributed by atoms with Crippen molar-refractivity contribution in [1.82, 2.24) is 9.47 Å². The SMILES string of the molecule is CN(C)C(CN)c1cccn1C. The van der Waals surface area contributed by atoms with E-state index in [2.05, 4.69) is 15.5 Å². The van der Waals surface area contributed by atoms with Gasteiger partial charge < -0.3 is 10.3 Å². The van der Waals surface area contributed by atoms with Crippen molar-refractivity contribution >= 4 is 0 Å². The highest BCUT2D eigenvalue weighted by Crippen LogP contribution is 2.15. The third-order valence-electron chi connectivity index (χ3n) is 2.17. The third kappa shape index (κ3) is 1.68. The van der Waals surface area contributed by atoms with Crippen LogP contribution in [0.2, 0.25) is 0 Å². The molecule has 1 aromatic rings. The molecule has 0 aromatic carbocycles. The van der Waals surface area contributed by atoms with Crippen LogP contribution in [-0.4, -0.2) is 30.1 Å². The summed E-state index contributed by atoms with van der Waals surface area (Å²) in [6.45, 7) is 0.658. The Morgan fingerprint density at radius 1 is 1.58 bits per heavy atom. The molecule has 2 N–H and O–H groups in total. The van der Waals surface area contributed by atoms with Gasteiger partial charge in [0.2, 0.25) is 0 Å². The molecular weight excluding hydrogens is 150 g/mol. The van der Waals surface area contributed by atoms with Gasteiger partial charge in [-0.05, 0) is 26.2 Å². The molecule has 0 aliphatic heterocycles. The zero-order valence-electron chi connectivity index (χ0n) is 7.99. The monoisotopic (exact) mass is 167 g/mol. The standard InChI is InChI=1S/C9H17N3/c1-11(2)9(7-10)8-5-4-6-12(8)3/h4-6,9H,7,10H2,1-3H3. The minimum Gasteiger partial charge on any atom is -0.353 e. The van der Waals surface area contributed by atoms with E-state index in [0.29, 0.717) is 12.6 Å². The van der Waals surface area contributed by atoms with Crippen molar-refractivity contribution in [1.29, 1.82) is 0 Å². The first-order valence-corrected chi connectivity index (χ1v) is 4.14. The smallest absolute Gasteiger partial charge is 0.0619 e. The fourth-order valence-corrected chi connectivity index (χ4v) is 1.42. The zero-order valence-corrected chi connectivity index (χ0v) is 7.99. The van der Waals surface area contributed by atoms with Crippen LogP contribution in [0.1, 0.15) is 11.7 Å². The molecule has 3 heteroatoms. The Morgan fingerprint density at radius 2 is 2.25 bits per heavy atom. The van der Waals surface area contributed by atoms with Gasteiger partial charge >= 0.3 is 0 Å². The normalized spacial score (nSPS) is 13.8. The molecule has 1 atom stereocenters. The van der Waals surface area contributed by atoms with Gasteiger partial charge in [-0.25, -0.2) is 0 Å². The van der Waals surface area contributed by atoms with E-state index in [0.717, 1.165) is 0 Å². The topological polar surface area (TPSA) is 34.2 Å². The Bertz CT molecular complexity index is 240. The molecule has 0 aliphatic carbocycles. The van der Waals surface area contributed by atoms with Crippen molar-refractivity contribution < 1.29 is 0 Å². The lowest BCUT2D eigenvalue weighted by atomic mass is 10.2. The lowest BCUT2D eigenvalue weighted by molar-refractivity contribution is 0.295. The summed E-state index contributed by atoms with van der Waals surface area (Å²) in [5.41, 5.74) is 6.94. The van der Waals surface area contributed by atoms with Gasteiger partial charge in [0.25, 0.3) is 0 Å². The van der Waals surface area contributed by atoms with E-state index in [9.17, 15) is 0 Å². The van der Waals surface area contributed by atoms with Crippen molar-refractivity contribution in [2.24, 2.45) is 12.8 Å². The van der Waals surface area contributed by atoms with E-state index in [1.807, 2.05) is 33.4 Å². The molecule has 68 valence electrons. The van der Waals surface area contributed by atoms with Gasteiger partial charge in [0.05, 0.1) is 6.04 Å². The molecule has 0 amide bonds. The highest BCUT2D eigenvalue weighted by Gasteiger charge is 2.13. The van der Waals surface area contributed by atoms with Crippen molar-refractivity contribution in [2.45, 2.75) is 6.04 Å². The van der Waals surface area contributed by atoms with E-state index < -0.39 is 0 Å². The number of aromatic nitrogens is 1. The maximum atomic E-state index is 5.68. The molecule has 0 spiro atoms. The van der Waals surface area contributed by atoms with Crippen LogP contribution < -0.4 is 5.73 Å². The van der Waals surface area contributed by atoms with Crippen LogP contribution >= 0.6 is 0 Å². The fourth-order valence-electron chi connectivity index (χ4n) is 1.42. The molecule has 1 rings (SSSR count). The molecule has 0 radical (unpaired) electrons. The second-order valence-corrected chi connectivity index (χ2v) is 3.26. The molecule has 0 bridgehead atoms. The highest BCUT2D eigenvalue weighted by molar-refractivity contribution is 5.11. The molecule has 3 nitrogen and oxygen atoms in total. The van der Waals surface area contributed by atoms with Gasteiger partial charge in [0, 0.05) is 25.5 Å². The quantitative estimate of drug-likeness (QED) is 0.715. The average molecular weight is 167 g/mol. The lowest BCUT2D eigenvalue weighted by Gasteiger charge is -2.23. The van der Waals surface area contributed by atoms with Gasteiger partial charge in [-0.15, -0.1) is 0 Å². The number of aryl methyl sites for hydroxylation is 1. The molecule has 1 aromatic heterocycles. The summed E-state index contributed by atoms with van der Waals surface area (Å²) >= 11 is 0. The fraction of sp³-hybridized carbons (Fsp3) is 0.556. The number of nitrogens with zero attached hydrogens (tertiary/aromatic N) is 2. The first-order valence-electron chi connectivity index (χ1n) is 4.14. The molecule has 0 fully saturated rings. The minimum absolute atomic E-state index is 0.324. The van der Waals surface area contributed by atoms with Crippen LogP contribution in [0.15, 0.2) is 18.3 Å². The molecule has 1 unspecified atom stereocenters. The zero-order chi connectivity index (χ0) is 9.14. The molecule has 0 saturated carbocycles. The van der Waals surface area contributed by atoms with Crippen LogP contribution in [0.3, 0.4) is 0 Å². The highest BCUT2D eigenvalue weighted by atomic mass is 15.1. The average Bonchev–Trinajstić information content (AvgIpc) is 2.38. The van der Waals surface area contributed by atoms with Crippen LogP contribution in [0.4, 0.5) is 0 Å². The van der Waals surface area contributed by atoms with E-state index in [4.69, 9.17) is 5.73 Å². The largest absolute Gasteiger partial charge is 0.353 e. The van der Waals surface area contributed by atoms with E-state index >= 15 is 0 Å². The number of hydrogen-bond donors (Lipinski definition) is 1. The molecule has 0 saturated heterocycles. The van der Waals surface area contributed by atoms with Crippen LogP contribution in [0.25, 0.3) is 0 Å². The van der Waals surface area contributed by atoms with Crippen molar-refractivity contribution in [3.63, 3.8) is 0 Å². The second-order valence-electron chi connectivity index (χ2n) is 3.26. The number of likely N-dealkylation sites (N-methyl/N-ethyl adjacent to an activating group) is 1. The van der Waals surface area contributed by atoms with Crippen LogP contribution in [0, 0.1) is 0 Å². The summed E-state index contributed by atoms with van der Waals surface area (Å²) in [6, 6.07) is 4.48. The van der Waals surface area contributed by atoms with Gasteiger partial charge in [0.1, 0.15) is 0 Å². The Kier molecular flexibility index (Phi) is 2.89. The van der Waals surface area contributed by atoms with E-state index in [1.54, 1.807) is 0 Å². The molecular formula is C9H17N3. The summed E-state index contributed by atoms with van der Waals surface area (Å²) < 4.78 is 2.11. The maximum Gasteiger partial charge on any atom is 0.0619 e. The summed E-state index contributed by atoms with van der Waals surface area (Å²) in [4.78, 5) is 2.13. The number of rotatable bonds is 3. The van der Waals surface area contributed by atoms with Gasteiger partial charge in [0.15, 0.2) is 0 Å². The van der Waals surface area contributed by atoms with Crippen molar-refractivity contribution in [3.05, 3.63) is 24.0 Å². The lowest BCUT2D eigenvalue weighted by Crippen LogP contribution is -2.28. The van der Waals surface area contributed by atoms with Crippen LogP contribution in [-0.2, 0) is 7.05 Å². The van der Waals surface area contributed by atoms with Crippen molar-refractivity contribution in [2.75, 3.05) is 20.6 Å². The predicted molar refractivity (Wildman–Crippen MR) is 50.9 cm³/mol. The summed E-state index contributed by atoms with van der Waals surface area (Å²) in [7, 11) is 6.14. The van der Waals surface area contributed by atoms with Gasteiger partial charge in [-0.3, -0.25) is 4.90 Å². The second kappa shape index (κ2) is 3.74. The number of nitrogens with two attached hydrogens (primary N) is 1. The Hall–Kier alpha value is -0.800. The minimum atomic E-state index is 0.324. The Labute approximate surface area is 73.8 Å². The van der Waals surface area contributed by atoms with Gasteiger partial charge in [-0.2, -0.15) is 0 Å². The Balaban J connectivity index is 2.87. The molecule has 1 heterocycles. The number of hydrogen-bond acceptors (Lipinski definition) is 2. The van der Waals surface area contributed by atoms with E-state index in [1.165, 1.54) is 5.69 Å². The predicted octanol–water partition coefficient (Wildman–Crippen LogP) is 0.586. The summed E-state index contributed by atoms with van der Waals surface area (Å²) in [5, 5.41) is 0. The Morgan fingerprint density at radius 3 is 2.58 bits per heavy atom.